The van der Waals surface area contributed by atoms with Crippen LogP contribution in [0.3, 0.4) is 0 Å². The van der Waals surface area contributed by atoms with E-state index in [2.05, 4.69) is 36.6 Å². The second-order valence-corrected chi connectivity index (χ2v) is 9.88. The first-order valence-corrected chi connectivity index (χ1v) is 12.9. The van der Waals surface area contributed by atoms with E-state index in [1.807, 2.05) is 13.0 Å². The van der Waals surface area contributed by atoms with Gasteiger partial charge in [-0.3, -0.25) is 14.4 Å². The molecular formula is C29H30Cl2N2O5. The highest BCUT2D eigenvalue weighted by molar-refractivity contribution is 6.42. The van der Waals surface area contributed by atoms with Gasteiger partial charge >= 0.3 is 5.97 Å². The Morgan fingerprint density at radius 1 is 0.816 bits per heavy atom. The van der Waals surface area contributed by atoms with Crippen molar-refractivity contribution in [2.24, 2.45) is 0 Å². The summed E-state index contributed by atoms with van der Waals surface area (Å²) in [6, 6.07) is 17.9. The predicted octanol–water partition coefficient (Wildman–Crippen LogP) is 7.51. The molecule has 0 unspecified atom stereocenters. The molecular weight excluding hydrogens is 527 g/mol. The molecule has 0 atom stereocenters. The zero-order chi connectivity index (χ0) is 27.7. The standard InChI is InChI=1S/C29H30Cl2N2O5/c1-18(2)23-13-7-19(3)15-26(23)38-22-11-8-20(9-12-22)32-27(34)5-4-6-29(36)37-17-28(35)33-21-10-14-24(30)25(31)16-21/h7-16,18H,4-6,17H2,1-3H3,(H,32,34)(H,33,35). The number of hydrogen-bond donors (Lipinski definition) is 2. The number of carbonyl (C=O) groups excluding carboxylic acids is 3. The minimum Gasteiger partial charge on any atom is -0.457 e. The highest BCUT2D eigenvalue weighted by Gasteiger charge is 2.12. The molecule has 0 heterocycles. The molecule has 0 spiro atoms. The summed E-state index contributed by atoms with van der Waals surface area (Å²) < 4.78 is 11.0. The Balaban J connectivity index is 1.38. The summed E-state index contributed by atoms with van der Waals surface area (Å²) in [7, 11) is 0. The number of esters is 1. The van der Waals surface area contributed by atoms with Gasteiger partial charge in [0.2, 0.25) is 5.91 Å². The van der Waals surface area contributed by atoms with Crippen molar-refractivity contribution in [3.05, 3.63) is 81.8 Å². The summed E-state index contributed by atoms with van der Waals surface area (Å²) in [4.78, 5) is 36.1. The second kappa shape index (κ2) is 13.8. The molecule has 3 aromatic rings. The van der Waals surface area contributed by atoms with E-state index in [1.54, 1.807) is 36.4 Å². The van der Waals surface area contributed by atoms with E-state index in [9.17, 15) is 14.4 Å². The first-order valence-electron chi connectivity index (χ1n) is 12.2. The lowest BCUT2D eigenvalue weighted by Gasteiger charge is -2.15. The third kappa shape index (κ3) is 9.08. The van der Waals surface area contributed by atoms with Crippen LogP contribution in [0.15, 0.2) is 60.7 Å². The van der Waals surface area contributed by atoms with Crippen LogP contribution < -0.4 is 15.4 Å². The summed E-state index contributed by atoms with van der Waals surface area (Å²) in [6.07, 6.45) is 0.421. The third-order valence-electron chi connectivity index (χ3n) is 5.51. The van der Waals surface area contributed by atoms with Gasteiger partial charge in [0, 0.05) is 24.2 Å². The minimum atomic E-state index is -0.569. The van der Waals surface area contributed by atoms with Crippen molar-refractivity contribution in [2.75, 3.05) is 17.2 Å². The van der Waals surface area contributed by atoms with E-state index in [0.717, 1.165) is 16.9 Å². The van der Waals surface area contributed by atoms with Gasteiger partial charge in [0.25, 0.3) is 5.91 Å². The minimum absolute atomic E-state index is 0.00886. The van der Waals surface area contributed by atoms with Gasteiger partial charge in [0.05, 0.1) is 10.0 Å². The van der Waals surface area contributed by atoms with Gasteiger partial charge < -0.3 is 20.1 Å². The summed E-state index contributed by atoms with van der Waals surface area (Å²) >= 11 is 11.7. The highest BCUT2D eigenvalue weighted by Crippen LogP contribution is 2.32. The highest BCUT2D eigenvalue weighted by atomic mass is 35.5. The van der Waals surface area contributed by atoms with E-state index in [1.165, 1.54) is 6.07 Å². The molecule has 2 amide bonds. The van der Waals surface area contributed by atoms with Crippen LogP contribution >= 0.6 is 23.2 Å². The molecule has 200 valence electrons. The fourth-order valence-electron chi connectivity index (χ4n) is 3.55. The second-order valence-electron chi connectivity index (χ2n) is 9.06. The molecule has 0 radical (unpaired) electrons. The fraction of sp³-hybridized carbons (Fsp3) is 0.276. The summed E-state index contributed by atoms with van der Waals surface area (Å²) in [6.45, 7) is 5.81. The Morgan fingerprint density at radius 3 is 2.18 bits per heavy atom. The van der Waals surface area contributed by atoms with Gasteiger partial charge in [-0.15, -0.1) is 0 Å². The normalized spacial score (nSPS) is 10.7. The molecule has 3 rings (SSSR count). The quantitative estimate of drug-likeness (QED) is 0.238. The number of amides is 2. The molecule has 0 bridgehead atoms. The average molecular weight is 557 g/mol. The first kappa shape index (κ1) is 29.0. The monoisotopic (exact) mass is 556 g/mol. The Morgan fingerprint density at radius 2 is 1.50 bits per heavy atom. The van der Waals surface area contributed by atoms with Gasteiger partial charge in [-0.1, -0.05) is 49.2 Å². The molecule has 9 heteroatoms. The number of anilines is 2. The molecule has 0 aromatic heterocycles. The smallest absolute Gasteiger partial charge is 0.306 e. The van der Waals surface area contributed by atoms with Gasteiger partial charge in [-0.05, 0) is 78.9 Å². The Labute approximate surface area is 232 Å². The number of benzene rings is 3. The fourth-order valence-corrected chi connectivity index (χ4v) is 3.84. The molecule has 0 saturated heterocycles. The number of halogens is 2. The van der Waals surface area contributed by atoms with Crippen molar-refractivity contribution < 1.29 is 23.9 Å². The maximum Gasteiger partial charge on any atom is 0.306 e. The lowest BCUT2D eigenvalue weighted by Crippen LogP contribution is -2.21. The van der Waals surface area contributed by atoms with Gasteiger partial charge in [0.1, 0.15) is 11.5 Å². The number of rotatable bonds is 11. The van der Waals surface area contributed by atoms with Gasteiger partial charge in [-0.2, -0.15) is 0 Å². The summed E-state index contributed by atoms with van der Waals surface area (Å²) in [5.74, 6) is 0.499. The van der Waals surface area contributed by atoms with Crippen molar-refractivity contribution in [1.29, 1.82) is 0 Å². The molecule has 0 aliphatic rings. The molecule has 38 heavy (non-hydrogen) atoms. The van der Waals surface area contributed by atoms with Crippen LogP contribution in [-0.4, -0.2) is 24.4 Å². The molecule has 3 aromatic carbocycles. The van der Waals surface area contributed by atoms with E-state index >= 15 is 0 Å². The van der Waals surface area contributed by atoms with E-state index in [4.69, 9.17) is 32.7 Å². The number of nitrogens with one attached hydrogen (secondary N) is 2. The number of carbonyl (C=O) groups is 3. The summed E-state index contributed by atoms with van der Waals surface area (Å²) in [5.41, 5.74) is 3.30. The van der Waals surface area contributed by atoms with Crippen molar-refractivity contribution >= 4 is 52.4 Å². The van der Waals surface area contributed by atoms with E-state index in [-0.39, 0.29) is 25.2 Å². The third-order valence-corrected chi connectivity index (χ3v) is 6.25. The Hall–Kier alpha value is -3.55. The van der Waals surface area contributed by atoms with Crippen LogP contribution in [0.2, 0.25) is 10.0 Å². The van der Waals surface area contributed by atoms with Crippen molar-refractivity contribution in [3.8, 4) is 11.5 Å². The van der Waals surface area contributed by atoms with Crippen LogP contribution in [0, 0.1) is 6.92 Å². The maximum absolute atomic E-state index is 12.3. The lowest BCUT2D eigenvalue weighted by molar-refractivity contribution is -0.147. The van der Waals surface area contributed by atoms with Crippen LogP contribution in [0.25, 0.3) is 0 Å². The Bertz CT molecular complexity index is 1290. The van der Waals surface area contributed by atoms with Crippen LogP contribution in [0.5, 0.6) is 11.5 Å². The molecule has 7 nitrogen and oxygen atoms in total. The van der Waals surface area contributed by atoms with Crippen molar-refractivity contribution in [1.82, 2.24) is 0 Å². The van der Waals surface area contributed by atoms with Crippen LogP contribution in [0.4, 0.5) is 11.4 Å². The van der Waals surface area contributed by atoms with Crippen LogP contribution in [0.1, 0.15) is 50.2 Å². The zero-order valence-corrected chi connectivity index (χ0v) is 23.0. The van der Waals surface area contributed by atoms with Gasteiger partial charge in [0.15, 0.2) is 6.61 Å². The predicted molar refractivity (Wildman–Crippen MR) is 150 cm³/mol. The topological polar surface area (TPSA) is 93.7 Å². The van der Waals surface area contributed by atoms with E-state index < -0.39 is 18.5 Å². The molecule has 0 fully saturated rings. The lowest BCUT2D eigenvalue weighted by atomic mass is 10.0. The number of ether oxygens (including phenoxy) is 2. The largest absolute Gasteiger partial charge is 0.457 e. The number of hydrogen-bond acceptors (Lipinski definition) is 5. The first-order chi connectivity index (χ1) is 18.1. The molecule has 0 aliphatic heterocycles. The Kier molecular flexibility index (Phi) is 10.6. The van der Waals surface area contributed by atoms with Crippen molar-refractivity contribution in [2.45, 2.75) is 46.0 Å². The zero-order valence-electron chi connectivity index (χ0n) is 21.5. The van der Waals surface area contributed by atoms with E-state index in [0.29, 0.717) is 33.1 Å². The van der Waals surface area contributed by atoms with Crippen LogP contribution in [-0.2, 0) is 19.1 Å². The van der Waals surface area contributed by atoms with Gasteiger partial charge in [-0.25, -0.2) is 0 Å². The SMILES string of the molecule is Cc1ccc(C(C)C)c(Oc2ccc(NC(=O)CCCC(=O)OCC(=O)Nc3ccc(Cl)c(Cl)c3)cc2)c1. The number of aryl methyl sites for hydroxylation is 1. The molecule has 2 N–H and O–H groups in total. The summed E-state index contributed by atoms with van der Waals surface area (Å²) in [5, 5.41) is 6.03. The molecule has 0 aliphatic carbocycles. The maximum atomic E-state index is 12.3. The van der Waals surface area contributed by atoms with Crippen molar-refractivity contribution in [3.63, 3.8) is 0 Å². The molecule has 0 saturated carbocycles. The average Bonchev–Trinajstić information content (AvgIpc) is 2.86.